The number of carbonyl (C=O) groups excluding carboxylic acids is 1. The Bertz CT molecular complexity index is 545. The lowest BCUT2D eigenvalue weighted by atomic mass is 10.3. The van der Waals surface area contributed by atoms with Crippen molar-refractivity contribution in [2.75, 3.05) is 0 Å². The normalized spacial score (nSPS) is 11.5. The third-order valence-electron chi connectivity index (χ3n) is 2.10. The molecule has 0 aliphatic rings. The molecular weight excluding hydrogens is 246 g/mol. The Labute approximate surface area is 98.2 Å². The first-order valence-electron chi connectivity index (χ1n) is 4.74. The summed E-state index contributed by atoms with van der Waals surface area (Å²) in [6.07, 6.45) is 0.950. The van der Waals surface area contributed by atoms with Crippen molar-refractivity contribution in [1.29, 1.82) is 0 Å². The second-order valence-electron chi connectivity index (χ2n) is 3.62. The largest absolute Gasteiger partial charge is 0.477 e. The third-order valence-corrected chi connectivity index (χ3v) is 4.09. The number of aromatic nitrogens is 1. The van der Waals surface area contributed by atoms with Crippen molar-refractivity contribution in [2.45, 2.75) is 19.1 Å². The maximum atomic E-state index is 11.6. The summed E-state index contributed by atoms with van der Waals surface area (Å²) in [6, 6.07) is 2.23. The number of carboxylic acids is 1. The first kappa shape index (κ1) is 13.3. The van der Waals surface area contributed by atoms with Gasteiger partial charge in [0.2, 0.25) is 9.84 Å². The molecule has 0 aliphatic carbocycles. The van der Waals surface area contributed by atoms with Gasteiger partial charge in [-0.25, -0.2) is 18.2 Å². The fourth-order valence-corrected chi connectivity index (χ4v) is 1.90. The van der Waals surface area contributed by atoms with E-state index in [9.17, 15) is 18.0 Å². The molecule has 0 radical (unpaired) electrons. The van der Waals surface area contributed by atoms with Crippen LogP contribution in [-0.4, -0.2) is 34.8 Å². The van der Waals surface area contributed by atoms with E-state index < -0.39 is 26.2 Å². The SMILES string of the molecule is CC(C)S(=O)(=O)C(=O)c1ccc(C(=O)O)nc1. The van der Waals surface area contributed by atoms with E-state index in [1.165, 1.54) is 13.8 Å². The highest BCUT2D eigenvalue weighted by atomic mass is 32.2. The van der Waals surface area contributed by atoms with E-state index in [4.69, 9.17) is 5.11 Å². The molecule has 1 rings (SSSR count). The van der Waals surface area contributed by atoms with E-state index in [0.717, 1.165) is 18.3 Å². The lowest BCUT2D eigenvalue weighted by Gasteiger charge is -2.05. The third kappa shape index (κ3) is 2.68. The van der Waals surface area contributed by atoms with Crippen LogP contribution in [0, 0.1) is 0 Å². The van der Waals surface area contributed by atoms with Crippen molar-refractivity contribution >= 4 is 20.9 Å². The average Bonchev–Trinajstić information content (AvgIpc) is 2.27. The van der Waals surface area contributed by atoms with Gasteiger partial charge in [-0.3, -0.25) is 4.79 Å². The minimum absolute atomic E-state index is 0.135. The summed E-state index contributed by atoms with van der Waals surface area (Å²) in [4.78, 5) is 25.6. The van der Waals surface area contributed by atoms with Gasteiger partial charge < -0.3 is 5.11 Å². The first-order chi connectivity index (χ1) is 7.76. The summed E-state index contributed by atoms with van der Waals surface area (Å²) in [6.45, 7) is 2.79. The molecule has 0 spiro atoms. The maximum absolute atomic E-state index is 11.6. The Morgan fingerprint density at radius 2 is 1.88 bits per heavy atom. The molecule has 0 saturated carbocycles. The number of carboxylic acid groups (broad SMARTS) is 1. The van der Waals surface area contributed by atoms with Crippen LogP contribution in [0.1, 0.15) is 34.7 Å². The minimum atomic E-state index is -3.89. The van der Waals surface area contributed by atoms with Crippen molar-refractivity contribution in [3.8, 4) is 0 Å². The number of pyridine rings is 1. The summed E-state index contributed by atoms with van der Waals surface area (Å²) in [5.74, 6) is -1.24. The van der Waals surface area contributed by atoms with Gasteiger partial charge in [0.25, 0.3) is 5.12 Å². The van der Waals surface area contributed by atoms with Crippen LogP contribution >= 0.6 is 0 Å². The molecule has 0 aromatic carbocycles. The molecule has 1 heterocycles. The zero-order chi connectivity index (χ0) is 13.2. The lowest BCUT2D eigenvalue weighted by Crippen LogP contribution is -2.24. The van der Waals surface area contributed by atoms with Crippen molar-refractivity contribution in [3.05, 3.63) is 29.6 Å². The maximum Gasteiger partial charge on any atom is 0.354 e. The molecule has 1 aromatic rings. The number of aromatic carboxylic acids is 1. The zero-order valence-electron chi connectivity index (χ0n) is 9.25. The van der Waals surface area contributed by atoms with E-state index in [-0.39, 0.29) is 11.3 Å². The smallest absolute Gasteiger partial charge is 0.354 e. The molecular formula is C10H11NO5S. The van der Waals surface area contributed by atoms with Crippen LogP contribution in [0.3, 0.4) is 0 Å². The Hall–Kier alpha value is -1.76. The topological polar surface area (TPSA) is 101 Å². The number of hydrogen-bond donors (Lipinski definition) is 1. The van der Waals surface area contributed by atoms with E-state index in [1.807, 2.05) is 0 Å². The standard InChI is InChI=1S/C10H11NO5S/c1-6(2)17(15,16)10(14)7-3-4-8(9(12)13)11-5-7/h3-6H,1-2H3,(H,12,13). The molecule has 0 atom stereocenters. The van der Waals surface area contributed by atoms with Gasteiger partial charge in [0.15, 0.2) is 0 Å². The summed E-state index contributed by atoms with van der Waals surface area (Å²) in [7, 11) is -3.89. The van der Waals surface area contributed by atoms with Gasteiger partial charge in [-0.15, -0.1) is 0 Å². The van der Waals surface area contributed by atoms with Gasteiger partial charge in [0, 0.05) is 6.20 Å². The molecule has 0 amide bonds. The first-order valence-corrected chi connectivity index (χ1v) is 6.29. The summed E-state index contributed by atoms with van der Waals surface area (Å²) in [5.41, 5.74) is -0.382. The van der Waals surface area contributed by atoms with Crippen molar-refractivity contribution < 1.29 is 23.1 Å². The van der Waals surface area contributed by atoms with Crippen LogP contribution in [0.15, 0.2) is 18.3 Å². The highest BCUT2D eigenvalue weighted by Gasteiger charge is 2.27. The van der Waals surface area contributed by atoms with E-state index in [2.05, 4.69) is 4.98 Å². The Balaban J connectivity index is 3.11. The van der Waals surface area contributed by atoms with Crippen LogP contribution in [0.2, 0.25) is 0 Å². The van der Waals surface area contributed by atoms with Crippen LogP contribution in [0.5, 0.6) is 0 Å². The van der Waals surface area contributed by atoms with Crippen LogP contribution < -0.4 is 0 Å². The van der Waals surface area contributed by atoms with Gasteiger partial charge in [0.05, 0.1) is 10.8 Å². The number of sulfone groups is 1. The van der Waals surface area contributed by atoms with E-state index >= 15 is 0 Å². The van der Waals surface area contributed by atoms with Gasteiger partial charge >= 0.3 is 5.97 Å². The number of hydrogen-bond acceptors (Lipinski definition) is 5. The summed E-state index contributed by atoms with van der Waals surface area (Å²) >= 11 is 0. The van der Waals surface area contributed by atoms with Gasteiger partial charge in [-0.05, 0) is 26.0 Å². The Kier molecular flexibility index (Phi) is 3.62. The highest BCUT2D eigenvalue weighted by Crippen LogP contribution is 2.11. The second kappa shape index (κ2) is 4.62. The van der Waals surface area contributed by atoms with E-state index in [1.54, 1.807) is 0 Å². The van der Waals surface area contributed by atoms with Crippen molar-refractivity contribution in [3.63, 3.8) is 0 Å². The molecule has 17 heavy (non-hydrogen) atoms. The lowest BCUT2D eigenvalue weighted by molar-refractivity contribution is 0.0690. The van der Waals surface area contributed by atoms with E-state index in [0.29, 0.717) is 0 Å². The highest BCUT2D eigenvalue weighted by molar-refractivity contribution is 8.07. The van der Waals surface area contributed by atoms with Crippen molar-refractivity contribution in [1.82, 2.24) is 4.98 Å². The van der Waals surface area contributed by atoms with Crippen LogP contribution in [-0.2, 0) is 9.84 Å². The molecule has 6 nitrogen and oxygen atoms in total. The van der Waals surface area contributed by atoms with Gasteiger partial charge in [0.1, 0.15) is 5.69 Å². The van der Waals surface area contributed by atoms with Crippen LogP contribution in [0.25, 0.3) is 0 Å². The average molecular weight is 257 g/mol. The Morgan fingerprint density at radius 1 is 1.29 bits per heavy atom. The quantitative estimate of drug-likeness (QED) is 0.857. The summed E-state index contributed by atoms with van der Waals surface area (Å²) < 4.78 is 23.1. The molecule has 7 heteroatoms. The molecule has 1 aromatic heterocycles. The fourth-order valence-electron chi connectivity index (χ4n) is 1.02. The molecule has 92 valence electrons. The van der Waals surface area contributed by atoms with Crippen molar-refractivity contribution in [2.24, 2.45) is 0 Å². The fraction of sp³-hybridized carbons (Fsp3) is 0.300. The van der Waals surface area contributed by atoms with Gasteiger partial charge in [-0.1, -0.05) is 0 Å². The molecule has 1 N–H and O–H groups in total. The van der Waals surface area contributed by atoms with Gasteiger partial charge in [-0.2, -0.15) is 0 Å². The zero-order valence-corrected chi connectivity index (χ0v) is 10.1. The molecule has 0 saturated heterocycles. The number of rotatable bonds is 3. The van der Waals surface area contributed by atoms with Crippen LogP contribution in [0.4, 0.5) is 0 Å². The molecule has 0 aliphatic heterocycles. The molecule has 0 bridgehead atoms. The molecule has 0 unspecified atom stereocenters. The number of nitrogens with zero attached hydrogens (tertiary/aromatic N) is 1. The molecule has 0 fully saturated rings. The number of carbonyl (C=O) groups is 2. The minimum Gasteiger partial charge on any atom is -0.477 e. The predicted molar refractivity (Wildman–Crippen MR) is 59.6 cm³/mol. The predicted octanol–water partition coefficient (Wildman–Crippen LogP) is 0.743. The Morgan fingerprint density at radius 3 is 2.24 bits per heavy atom. The second-order valence-corrected chi connectivity index (χ2v) is 6.02. The monoisotopic (exact) mass is 257 g/mol. The summed E-state index contributed by atoms with van der Waals surface area (Å²) in [5, 5.41) is 6.73.